The van der Waals surface area contributed by atoms with Gasteiger partial charge in [-0.3, -0.25) is 9.69 Å². The number of ether oxygens (including phenoxy) is 1. The summed E-state index contributed by atoms with van der Waals surface area (Å²) in [5.74, 6) is 1.16. The average molecular weight is 449 g/mol. The molecule has 0 saturated carbocycles. The summed E-state index contributed by atoms with van der Waals surface area (Å²) in [7, 11) is 0. The fourth-order valence-corrected chi connectivity index (χ4v) is 5.08. The zero-order valence-electron chi connectivity index (χ0n) is 17.6. The number of fused-ring (bicyclic) bond motifs is 2. The number of nitrogen functional groups attached to an aromatic ring is 1. The number of nitrogens with zero attached hydrogens (tertiary/aromatic N) is 2. The Bertz CT molecular complexity index is 1150. The molecule has 0 bridgehead atoms. The van der Waals surface area contributed by atoms with Gasteiger partial charge in [-0.15, -0.1) is 0 Å². The van der Waals surface area contributed by atoms with E-state index in [1.54, 1.807) is 23.2 Å². The Hall–Kier alpha value is -3.09. The predicted molar refractivity (Wildman–Crippen MR) is 126 cm³/mol. The van der Waals surface area contributed by atoms with Gasteiger partial charge in [0, 0.05) is 34.0 Å². The molecule has 1 spiro atoms. The Morgan fingerprint density at radius 1 is 1.16 bits per heavy atom. The maximum Gasteiger partial charge on any atom is 0.270 e. The van der Waals surface area contributed by atoms with Crippen molar-refractivity contribution in [1.29, 1.82) is 0 Å². The number of pyridine rings is 1. The summed E-state index contributed by atoms with van der Waals surface area (Å²) in [5, 5.41) is 4.04. The van der Waals surface area contributed by atoms with E-state index < -0.39 is 6.10 Å². The molecular weight excluding hydrogens is 424 g/mol. The monoisotopic (exact) mass is 448 g/mol. The average Bonchev–Trinajstić information content (AvgIpc) is 3.11. The van der Waals surface area contributed by atoms with Crippen molar-refractivity contribution in [3.63, 3.8) is 0 Å². The van der Waals surface area contributed by atoms with Crippen molar-refractivity contribution >= 4 is 29.0 Å². The summed E-state index contributed by atoms with van der Waals surface area (Å²) < 4.78 is 6.35. The second-order valence-electron chi connectivity index (χ2n) is 8.40. The Morgan fingerprint density at radius 2 is 1.97 bits per heavy atom. The van der Waals surface area contributed by atoms with E-state index in [2.05, 4.69) is 16.4 Å². The molecule has 0 aliphatic carbocycles. The molecule has 2 aliphatic rings. The third kappa shape index (κ3) is 3.70. The van der Waals surface area contributed by atoms with Crippen LogP contribution < -0.4 is 20.7 Å². The summed E-state index contributed by atoms with van der Waals surface area (Å²) >= 11 is 6.21. The smallest absolute Gasteiger partial charge is 0.270 e. The lowest BCUT2D eigenvalue weighted by molar-refractivity contribution is -0.128. The Morgan fingerprint density at radius 3 is 2.75 bits per heavy atom. The second-order valence-corrected chi connectivity index (χ2v) is 8.84. The fourth-order valence-electron chi connectivity index (χ4n) is 4.87. The molecule has 7 heteroatoms. The van der Waals surface area contributed by atoms with Gasteiger partial charge in [0.2, 0.25) is 0 Å². The van der Waals surface area contributed by atoms with E-state index in [0.29, 0.717) is 23.1 Å². The number of piperidine rings is 1. The molecule has 1 atom stereocenters. The maximum atomic E-state index is 14.2. The number of carbonyl (C=O) groups is 1. The zero-order chi connectivity index (χ0) is 22.1. The number of nitrogens with two attached hydrogens (primary N) is 1. The van der Waals surface area contributed by atoms with Crippen LogP contribution in [0.2, 0.25) is 5.02 Å². The first-order valence-electron chi connectivity index (χ1n) is 10.8. The molecule has 164 valence electrons. The number of amides is 1. The lowest BCUT2D eigenvalue weighted by Gasteiger charge is -2.39. The van der Waals surface area contributed by atoms with E-state index in [9.17, 15) is 4.79 Å². The van der Waals surface area contributed by atoms with E-state index in [1.807, 2.05) is 42.5 Å². The second kappa shape index (κ2) is 8.45. The van der Waals surface area contributed by atoms with Gasteiger partial charge in [-0.2, -0.15) is 0 Å². The van der Waals surface area contributed by atoms with Crippen LogP contribution in [0.3, 0.4) is 0 Å². The quantitative estimate of drug-likeness (QED) is 0.632. The number of hydrogen-bond donors (Lipinski definition) is 2. The van der Waals surface area contributed by atoms with Gasteiger partial charge >= 0.3 is 0 Å². The molecule has 1 fully saturated rings. The van der Waals surface area contributed by atoms with Gasteiger partial charge in [0.05, 0.1) is 6.54 Å². The van der Waals surface area contributed by atoms with Crippen molar-refractivity contribution in [2.24, 2.45) is 0 Å². The Labute approximate surface area is 192 Å². The van der Waals surface area contributed by atoms with E-state index in [0.717, 1.165) is 42.8 Å². The molecule has 1 amide bonds. The highest BCUT2D eigenvalue weighted by molar-refractivity contribution is 6.30. The van der Waals surface area contributed by atoms with Crippen molar-refractivity contribution in [2.75, 3.05) is 23.7 Å². The van der Waals surface area contributed by atoms with Crippen LogP contribution in [0.4, 0.5) is 11.5 Å². The van der Waals surface area contributed by atoms with Gasteiger partial charge in [-0.1, -0.05) is 41.9 Å². The molecule has 3 N–H and O–H groups in total. The van der Waals surface area contributed by atoms with Crippen molar-refractivity contribution in [3.05, 3.63) is 83.0 Å². The largest absolute Gasteiger partial charge is 0.479 e. The van der Waals surface area contributed by atoms with Gasteiger partial charge in [-0.25, -0.2) is 4.98 Å². The first kappa shape index (κ1) is 20.8. The standard InChI is InChI=1S/C25H25ClN4O2/c26-18-5-3-4-17(14-18)16-30(22-15-19(27)8-11-29-22)24(31)23-25(9-12-28-13-10-25)20-6-1-2-7-21(20)32-23/h1-8,11,14-15,23,28H,9-10,12-13,16H2,(H2,27,29)/t23-/m1/s1. The number of hydrogen-bond acceptors (Lipinski definition) is 5. The highest BCUT2D eigenvalue weighted by Gasteiger charge is 2.53. The molecule has 32 heavy (non-hydrogen) atoms. The highest BCUT2D eigenvalue weighted by atomic mass is 35.5. The van der Waals surface area contributed by atoms with Crippen LogP contribution >= 0.6 is 11.6 Å². The Balaban J connectivity index is 1.56. The minimum absolute atomic E-state index is 0.124. The number of rotatable bonds is 4. The number of aromatic nitrogens is 1. The molecule has 1 saturated heterocycles. The summed E-state index contributed by atoms with van der Waals surface area (Å²) in [6.45, 7) is 2.00. The zero-order valence-corrected chi connectivity index (χ0v) is 18.4. The lowest BCUT2D eigenvalue weighted by Crippen LogP contribution is -2.54. The summed E-state index contributed by atoms with van der Waals surface area (Å²) in [6.07, 6.45) is 2.64. The van der Waals surface area contributed by atoms with E-state index in [4.69, 9.17) is 22.1 Å². The molecule has 3 aromatic rings. The van der Waals surface area contributed by atoms with Gasteiger partial charge in [0.1, 0.15) is 11.6 Å². The van der Waals surface area contributed by atoms with Gasteiger partial charge in [-0.05, 0) is 55.8 Å². The third-order valence-electron chi connectivity index (χ3n) is 6.43. The van der Waals surface area contributed by atoms with Crippen LogP contribution in [-0.2, 0) is 16.8 Å². The van der Waals surface area contributed by atoms with E-state index in [-0.39, 0.29) is 11.3 Å². The Kier molecular flexibility index (Phi) is 5.49. The van der Waals surface area contributed by atoms with Crippen molar-refractivity contribution in [3.8, 4) is 5.75 Å². The fraction of sp³-hybridized carbons (Fsp3) is 0.280. The van der Waals surface area contributed by atoms with Crippen LogP contribution in [-0.4, -0.2) is 30.1 Å². The molecule has 0 radical (unpaired) electrons. The van der Waals surface area contributed by atoms with Gasteiger partial charge < -0.3 is 15.8 Å². The van der Waals surface area contributed by atoms with Gasteiger partial charge in [0.15, 0.2) is 6.10 Å². The summed E-state index contributed by atoms with van der Waals surface area (Å²) in [6, 6.07) is 18.9. The molecule has 6 nitrogen and oxygen atoms in total. The van der Waals surface area contributed by atoms with Gasteiger partial charge in [0.25, 0.3) is 5.91 Å². The van der Waals surface area contributed by atoms with E-state index in [1.165, 1.54) is 0 Å². The van der Waals surface area contributed by atoms with Crippen LogP contribution in [0.5, 0.6) is 5.75 Å². The summed E-state index contributed by atoms with van der Waals surface area (Å²) in [4.78, 5) is 20.3. The normalized spacial score (nSPS) is 18.7. The first-order chi connectivity index (χ1) is 15.6. The SMILES string of the molecule is Nc1ccnc(N(Cc2cccc(Cl)c2)C(=O)[C@H]2Oc3ccccc3C23CCNCC3)c1. The lowest BCUT2D eigenvalue weighted by atomic mass is 9.70. The molecule has 0 unspecified atom stereocenters. The van der Waals surface area contributed by atoms with Crippen molar-refractivity contribution in [1.82, 2.24) is 10.3 Å². The maximum absolute atomic E-state index is 14.2. The van der Waals surface area contributed by atoms with Crippen LogP contribution in [0.25, 0.3) is 0 Å². The van der Waals surface area contributed by atoms with Crippen molar-refractivity contribution in [2.45, 2.75) is 30.9 Å². The first-order valence-corrected chi connectivity index (χ1v) is 11.2. The number of benzene rings is 2. The minimum Gasteiger partial charge on any atom is -0.479 e. The van der Waals surface area contributed by atoms with E-state index >= 15 is 0 Å². The number of halogens is 1. The topological polar surface area (TPSA) is 80.5 Å². The molecule has 1 aromatic heterocycles. The summed E-state index contributed by atoms with van der Waals surface area (Å²) in [5.41, 5.74) is 8.23. The van der Waals surface area contributed by atoms with Crippen LogP contribution in [0.15, 0.2) is 66.9 Å². The molecule has 2 aliphatic heterocycles. The van der Waals surface area contributed by atoms with Crippen LogP contribution in [0.1, 0.15) is 24.0 Å². The van der Waals surface area contributed by atoms with Crippen LogP contribution in [0, 0.1) is 0 Å². The molecule has 5 rings (SSSR count). The molecular formula is C25H25ClN4O2. The number of nitrogens with one attached hydrogen (secondary N) is 1. The number of para-hydroxylation sites is 1. The molecule has 3 heterocycles. The number of anilines is 2. The predicted octanol–water partition coefficient (Wildman–Crippen LogP) is 3.93. The molecule has 2 aromatic carbocycles. The third-order valence-corrected chi connectivity index (χ3v) is 6.67. The number of carbonyl (C=O) groups excluding carboxylic acids is 1. The minimum atomic E-state index is -0.635. The highest BCUT2D eigenvalue weighted by Crippen LogP contribution is 2.49. The van der Waals surface area contributed by atoms with Crippen molar-refractivity contribution < 1.29 is 9.53 Å².